The lowest BCUT2D eigenvalue weighted by Crippen LogP contribution is -2.12. The first-order valence-corrected chi connectivity index (χ1v) is 10.2. The van der Waals surface area contributed by atoms with Crippen LogP contribution in [0, 0.1) is 0 Å². The van der Waals surface area contributed by atoms with Crippen LogP contribution in [0.3, 0.4) is 0 Å². The number of carbonyl (C=O) groups is 1. The SMILES string of the molecule is COc1ccc(-c2ccc3c(N)c(C(=O)Nc4ccc(N(C)C)cc4)sc3n2)cc1. The highest BCUT2D eigenvalue weighted by Crippen LogP contribution is 2.35. The molecule has 4 aromatic rings. The molecule has 0 spiro atoms. The predicted molar refractivity (Wildman–Crippen MR) is 125 cm³/mol. The van der Waals surface area contributed by atoms with Crippen molar-refractivity contribution in [2.75, 3.05) is 37.2 Å². The van der Waals surface area contributed by atoms with Gasteiger partial charge in [-0.05, 0) is 60.7 Å². The van der Waals surface area contributed by atoms with E-state index in [-0.39, 0.29) is 5.91 Å². The van der Waals surface area contributed by atoms with Gasteiger partial charge in [0, 0.05) is 36.4 Å². The minimum Gasteiger partial charge on any atom is -0.497 e. The van der Waals surface area contributed by atoms with E-state index in [9.17, 15) is 4.79 Å². The Kier molecular flexibility index (Phi) is 5.29. The minimum absolute atomic E-state index is 0.237. The molecule has 4 rings (SSSR count). The van der Waals surface area contributed by atoms with Crippen LogP contribution in [0.4, 0.5) is 17.1 Å². The number of aromatic nitrogens is 1. The standard InChI is InChI=1S/C23H22N4O2S/c1-27(2)16-8-6-15(7-9-16)25-22(28)21-20(24)18-12-13-19(26-23(18)30-21)14-4-10-17(29-3)11-5-14/h4-13H,24H2,1-3H3,(H,25,28). The molecule has 0 aliphatic rings. The summed E-state index contributed by atoms with van der Waals surface area (Å²) in [7, 11) is 5.58. The van der Waals surface area contributed by atoms with Crippen LogP contribution >= 0.6 is 11.3 Å². The molecule has 2 aromatic carbocycles. The number of hydrogen-bond acceptors (Lipinski definition) is 6. The van der Waals surface area contributed by atoms with Gasteiger partial charge in [0.15, 0.2) is 0 Å². The van der Waals surface area contributed by atoms with Gasteiger partial charge < -0.3 is 20.7 Å². The Morgan fingerprint density at radius 1 is 1.03 bits per heavy atom. The van der Waals surface area contributed by atoms with Gasteiger partial charge in [-0.25, -0.2) is 4.98 Å². The van der Waals surface area contributed by atoms with Crippen molar-refractivity contribution in [2.24, 2.45) is 0 Å². The number of carbonyl (C=O) groups excluding carboxylic acids is 1. The molecule has 0 unspecified atom stereocenters. The highest BCUT2D eigenvalue weighted by atomic mass is 32.1. The number of methoxy groups -OCH3 is 1. The van der Waals surface area contributed by atoms with Crippen molar-refractivity contribution in [2.45, 2.75) is 0 Å². The number of nitrogens with one attached hydrogen (secondary N) is 1. The fraction of sp³-hybridized carbons (Fsp3) is 0.130. The molecule has 0 aliphatic carbocycles. The first kappa shape index (κ1) is 19.7. The summed E-state index contributed by atoms with van der Waals surface area (Å²) in [6, 6.07) is 19.2. The summed E-state index contributed by atoms with van der Waals surface area (Å²) in [6.07, 6.45) is 0. The topological polar surface area (TPSA) is 80.5 Å². The molecule has 0 saturated carbocycles. The van der Waals surface area contributed by atoms with E-state index in [1.807, 2.05) is 79.7 Å². The summed E-state index contributed by atoms with van der Waals surface area (Å²) in [4.78, 5) is 20.7. The average molecular weight is 419 g/mol. The maximum Gasteiger partial charge on any atom is 0.267 e. The molecular weight excluding hydrogens is 396 g/mol. The van der Waals surface area contributed by atoms with Gasteiger partial charge >= 0.3 is 0 Å². The minimum atomic E-state index is -0.237. The Morgan fingerprint density at radius 2 is 1.73 bits per heavy atom. The van der Waals surface area contributed by atoms with E-state index < -0.39 is 0 Å². The number of nitrogens with zero attached hydrogens (tertiary/aromatic N) is 2. The van der Waals surface area contributed by atoms with Crippen molar-refractivity contribution >= 4 is 44.5 Å². The van der Waals surface area contributed by atoms with Crippen LogP contribution < -0.4 is 20.7 Å². The number of ether oxygens (including phenoxy) is 1. The Balaban J connectivity index is 1.61. The van der Waals surface area contributed by atoms with Crippen molar-refractivity contribution in [3.05, 3.63) is 65.5 Å². The monoisotopic (exact) mass is 418 g/mol. The molecule has 0 fully saturated rings. The molecule has 2 heterocycles. The Labute approximate surface area is 178 Å². The molecule has 7 heteroatoms. The highest BCUT2D eigenvalue weighted by molar-refractivity contribution is 7.21. The second kappa shape index (κ2) is 8.04. The third-order valence-corrected chi connectivity index (χ3v) is 5.94. The number of nitrogen functional groups attached to an aromatic ring is 1. The van der Waals surface area contributed by atoms with Gasteiger partial charge in [-0.2, -0.15) is 0 Å². The van der Waals surface area contributed by atoms with Crippen LogP contribution in [0.1, 0.15) is 9.67 Å². The maximum absolute atomic E-state index is 12.8. The van der Waals surface area contributed by atoms with E-state index in [2.05, 4.69) is 5.32 Å². The van der Waals surface area contributed by atoms with E-state index in [1.165, 1.54) is 11.3 Å². The number of thiophene rings is 1. The zero-order valence-electron chi connectivity index (χ0n) is 17.0. The highest BCUT2D eigenvalue weighted by Gasteiger charge is 2.18. The van der Waals surface area contributed by atoms with Crippen LogP contribution in [0.15, 0.2) is 60.7 Å². The Hall–Kier alpha value is -3.58. The number of amides is 1. The van der Waals surface area contributed by atoms with Crippen molar-refractivity contribution in [1.82, 2.24) is 4.98 Å². The van der Waals surface area contributed by atoms with Crippen LogP contribution in [0.2, 0.25) is 0 Å². The molecule has 152 valence electrons. The van der Waals surface area contributed by atoms with Crippen molar-refractivity contribution in [1.29, 1.82) is 0 Å². The average Bonchev–Trinajstić information content (AvgIpc) is 3.10. The normalized spacial score (nSPS) is 10.8. The molecule has 1 amide bonds. The van der Waals surface area contributed by atoms with E-state index in [4.69, 9.17) is 15.5 Å². The molecular formula is C23H22N4O2S. The van der Waals surface area contributed by atoms with Crippen molar-refractivity contribution in [3.8, 4) is 17.0 Å². The summed E-state index contributed by atoms with van der Waals surface area (Å²) in [5, 5.41) is 3.70. The van der Waals surface area contributed by atoms with Gasteiger partial charge in [-0.1, -0.05) is 0 Å². The number of anilines is 3. The van der Waals surface area contributed by atoms with Crippen LogP contribution in [-0.2, 0) is 0 Å². The van der Waals surface area contributed by atoms with Crippen molar-refractivity contribution < 1.29 is 9.53 Å². The first-order valence-electron chi connectivity index (χ1n) is 9.38. The summed E-state index contributed by atoms with van der Waals surface area (Å²) in [6.45, 7) is 0. The quantitative estimate of drug-likeness (QED) is 0.483. The van der Waals surface area contributed by atoms with Gasteiger partial charge in [0.05, 0.1) is 18.5 Å². The first-order chi connectivity index (χ1) is 14.5. The lowest BCUT2D eigenvalue weighted by Gasteiger charge is -2.12. The molecule has 0 saturated heterocycles. The number of nitrogens with two attached hydrogens (primary N) is 1. The van der Waals surface area contributed by atoms with Crippen LogP contribution in [-0.4, -0.2) is 32.1 Å². The molecule has 0 aliphatic heterocycles. The Bertz CT molecular complexity index is 1200. The van der Waals surface area contributed by atoms with Crippen molar-refractivity contribution in [3.63, 3.8) is 0 Å². The van der Waals surface area contributed by atoms with Crippen LogP contribution in [0.5, 0.6) is 5.75 Å². The van der Waals surface area contributed by atoms with Gasteiger partial charge in [-0.15, -0.1) is 11.3 Å². The number of hydrogen-bond donors (Lipinski definition) is 2. The summed E-state index contributed by atoms with van der Waals surface area (Å²) in [5.74, 6) is 0.553. The Morgan fingerprint density at radius 3 is 2.37 bits per heavy atom. The number of fused-ring (bicyclic) bond motifs is 1. The summed E-state index contributed by atoms with van der Waals surface area (Å²) >= 11 is 1.29. The second-order valence-electron chi connectivity index (χ2n) is 7.02. The fourth-order valence-electron chi connectivity index (χ4n) is 3.12. The number of pyridine rings is 1. The smallest absolute Gasteiger partial charge is 0.267 e. The van der Waals surface area contributed by atoms with Gasteiger partial charge in [0.1, 0.15) is 15.5 Å². The molecule has 2 aromatic heterocycles. The lowest BCUT2D eigenvalue weighted by molar-refractivity contribution is 0.103. The zero-order chi connectivity index (χ0) is 21.3. The summed E-state index contributed by atoms with van der Waals surface area (Å²) in [5.41, 5.74) is 10.3. The van der Waals surface area contributed by atoms with Gasteiger partial charge in [0.2, 0.25) is 0 Å². The molecule has 30 heavy (non-hydrogen) atoms. The fourth-order valence-corrected chi connectivity index (χ4v) is 4.11. The van der Waals surface area contributed by atoms with E-state index in [0.717, 1.165) is 32.9 Å². The third-order valence-electron chi connectivity index (χ3n) is 4.83. The number of benzene rings is 2. The molecule has 0 bridgehead atoms. The van der Waals surface area contributed by atoms with E-state index in [1.54, 1.807) is 7.11 Å². The predicted octanol–water partition coefficient (Wildman–Crippen LogP) is 4.87. The molecule has 3 N–H and O–H groups in total. The van der Waals surface area contributed by atoms with E-state index in [0.29, 0.717) is 16.3 Å². The second-order valence-corrected chi connectivity index (χ2v) is 8.02. The third kappa shape index (κ3) is 3.79. The molecule has 0 atom stereocenters. The largest absolute Gasteiger partial charge is 0.497 e. The number of rotatable bonds is 5. The summed E-state index contributed by atoms with van der Waals surface area (Å²) < 4.78 is 5.21. The molecule has 0 radical (unpaired) electrons. The van der Waals surface area contributed by atoms with Crippen LogP contribution in [0.25, 0.3) is 21.5 Å². The lowest BCUT2D eigenvalue weighted by atomic mass is 10.1. The van der Waals surface area contributed by atoms with Gasteiger partial charge in [-0.3, -0.25) is 4.79 Å². The van der Waals surface area contributed by atoms with E-state index >= 15 is 0 Å². The maximum atomic E-state index is 12.8. The molecule has 6 nitrogen and oxygen atoms in total. The van der Waals surface area contributed by atoms with Gasteiger partial charge in [0.25, 0.3) is 5.91 Å². The zero-order valence-corrected chi connectivity index (χ0v) is 17.8.